The second-order valence-electron chi connectivity index (χ2n) is 5.60. The van der Waals surface area contributed by atoms with E-state index in [1.165, 1.54) is 0 Å². The van der Waals surface area contributed by atoms with Gasteiger partial charge >= 0.3 is 0 Å². The topological polar surface area (TPSA) is 78.4 Å². The van der Waals surface area contributed by atoms with Crippen molar-refractivity contribution in [3.63, 3.8) is 0 Å². The van der Waals surface area contributed by atoms with Gasteiger partial charge in [-0.3, -0.25) is 9.59 Å². The van der Waals surface area contributed by atoms with E-state index in [0.717, 1.165) is 32.1 Å². The summed E-state index contributed by atoms with van der Waals surface area (Å²) in [5, 5.41) is 15.1. The van der Waals surface area contributed by atoms with Crippen LogP contribution in [0.1, 0.15) is 58.3 Å². The van der Waals surface area contributed by atoms with Crippen molar-refractivity contribution in [2.24, 2.45) is 5.92 Å². The molecule has 1 saturated carbocycles. The third kappa shape index (κ3) is 6.37. The molecule has 0 aromatic carbocycles. The SMILES string of the molecule is CCCNC(=O)CCCC(=O)NC1CCCCC1CO. The van der Waals surface area contributed by atoms with Gasteiger partial charge in [0.2, 0.25) is 11.8 Å². The molecule has 3 N–H and O–H groups in total. The van der Waals surface area contributed by atoms with Crippen LogP contribution in [0.5, 0.6) is 0 Å². The van der Waals surface area contributed by atoms with Gasteiger partial charge in [-0.05, 0) is 25.7 Å². The molecular formula is C15H28N2O3. The van der Waals surface area contributed by atoms with E-state index in [1.54, 1.807) is 0 Å². The minimum absolute atomic E-state index is 0.00126. The van der Waals surface area contributed by atoms with Gasteiger partial charge in [0.1, 0.15) is 0 Å². The fourth-order valence-corrected chi connectivity index (χ4v) is 2.66. The molecule has 0 spiro atoms. The van der Waals surface area contributed by atoms with Gasteiger partial charge in [0, 0.05) is 38.0 Å². The molecule has 0 saturated heterocycles. The smallest absolute Gasteiger partial charge is 0.220 e. The number of amides is 2. The van der Waals surface area contributed by atoms with Crippen LogP contribution in [0, 0.1) is 5.92 Å². The molecule has 0 aromatic heterocycles. The lowest BCUT2D eigenvalue weighted by Crippen LogP contribution is -2.43. The van der Waals surface area contributed by atoms with Gasteiger partial charge < -0.3 is 15.7 Å². The van der Waals surface area contributed by atoms with Crippen LogP contribution in [-0.2, 0) is 9.59 Å². The Labute approximate surface area is 121 Å². The number of carbonyl (C=O) groups excluding carboxylic acids is 2. The van der Waals surface area contributed by atoms with Crippen LogP contribution in [0.15, 0.2) is 0 Å². The molecule has 1 aliphatic rings. The zero-order chi connectivity index (χ0) is 14.8. The Morgan fingerprint density at radius 1 is 1.15 bits per heavy atom. The maximum absolute atomic E-state index is 11.8. The number of nitrogens with one attached hydrogen (secondary N) is 2. The third-order valence-electron chi connectivity index (χ3n) is 3.87. The molecule has 2 amide bonds. The summed E-state index contributed by atoms with van der Waals surface area (Å²) >= 11 is 0. The quantitative estimate of drug-likeness (QED) is 0.629. The summed E-state index contributed by atoms with van der Waals surface area (Å²) in [6, 6.07) is 0.107. The standard InChI is InChI=1S/C15H28N2O3/c1-2-10-16-14(19)8-5-9-15(20)17-13-7-4-3-6-12(13)11-18/h12-13,18H,2-11H2,1H3,(H,16,19)(H,17,20). The highest BCUT2D eigenvalue weighted by Crippen LogP contribution is 2.24. The Hall–Kier alpha value is -1.10. The summed E-state index contributed by atoms with van der Waals surface area (Å²) in [6.07, 6.45) is 6.48. The van der Waals surface area contributed by atoms with Gasteiger partial charge in [-0.15, -0.1) is 0 Å². The van der Waals surface area contributed by atoms with Crippen molar-refractivity contribution in [3.05, 3.63) is 0 Å². The predicted octanol–water partition coefficient (Wildman–Crippen LogP) is 1.35. The molecule has 116 valence electrons. The minimum Gasteiger partial charge on any atom is -0.396 e. The highest BCUT2D eigenvalue weighted by molar-refractivity contribution is 5.79. The lowest BCUT2D eigenvalue weighted by Gasteiger charge is -2.30. The van der Waals surface area contributed by atoms with Gasteiger partial charge in [-0.1, -0.05) is 19.8 Å². The fourth-order valence-electron chi connectivity index (χ4n) is 2.66. The zero-order valence-corrected chi connectivity index (χ0v) is 12.5. The van der Waals surface area contributed by atoms with Crippen LogP contribution < -0.4 is 10.6 Å². The predicted molar refractivity (Wildman–Crippen MR) is 78.1 cm³/mol. The minimum atomic E-state index is -0.00126. The van der Waals surface area contributed by atoms with Crippen molar-refractivity contribution in [3.8, 4) is 0 Å². The number of hydrogen-bond donors (Lipinski definition) is 3. The van der Waals surface area contributed by atoms with Crippen LogP contribution in [0.4, 0.5) is 0 Å². The van der Waals surface area contributed by atoms with Crippen molar-refractivity contribution >= 4 is 11.8 Å². The lowest BCUT2D eigenvalue weighted by atomic mass is 9.85. The zero-order valence-electron chi connectivity index (χ0n) is 12.5. The fraction of sp³-hybridized carbons (Fsp3) is 0.867. The Morgan fingerprint density at radius 3 is 2.55 bits per heavy atom. The van der Waals surface area contributed by atoms with Gasteiger partial charge in [0.15, 0.2) is 0 Å². The molecule has 1 fully saturated rings. The second kappa shape index (κ2) is 9.75. The Bertz CT molecular complexity index is 307. The summed E-state index contributed by atoms with van der Waals surface area (Å²) in [4.78, 5) is 23.2. The highest BCUT2D eigenvalue weighted by Gasteiger charge is 2.25. The summed E-state index contributed by atoms with van der Waals surface area (Å²) in [6.45, 7) is 2.85. The third-order valence-corrected chi connectivity index (χ3v) is 3.87. The Kier molecular flexibility index (Phi) is 8.26. The molecule has 0 bridgehead atoms. The van der Waals surface area contributed by atoms with Crippen LogP contribution in [0.3, 0.4) is 0 Å². The number of aliphatic hydroxyl groups is 1. The molecule has 1 aliphatic carbocycles. The molecule has 0 aliphatic heterocycles. The molecule has 0 aromatic rings. The van der Waals surface area contributed by atoms with Crippen molar-refractivity contribution in [1.29, 1.82) is 0 Å². The first kappa shape index (κ1) is 17.0. The summed E-state index contributed by atoms with van der Waals surface area (Å²) < 4.78 is 0. The van der Waals surface area contributed by atoms with E-state index in [0.29, 0.717) is 25.8 Å². The van der Waals surface area contributed by atoms with Crippen molar-refractivity contribution in [2.45, 2.75) is 64.3 Å². The number of carbonyl (C=O) groups is 2. The normalized spacial score (nSPS) is 22.3. The first-order chi connectivity index (χ1) is 9.67. The molecule has 0 heterocycles. The van der Waals surface area contributed by atoms with Crippen LogP contribution in [0.2, 0.25) is 0 Å². The molecule has 1 rings (SSSR count). The van der Waals surface area contributed by atoms with Crippen molar-refractivity contribution in [2.75, 3.05) is 13.2 Å². The first-order valence-corrected chi connectivity index (χ1v) is 7.84. The monoisotopic (exact) mass is 284 g/mol. The van der Waals surface area contributed by atoms with Crippen molar-refractivity contribution < 1.29 is 14.7 Å². The first-order valence-electron chi connectivity index (χ1n) is 7.84. The average molecular weight is 284 g/mol. The van der Waals surface area contributed by atoms with E-state index in [-0.39, 0.29) is 30.4 Å². The molecule has 2 unspecified atom stereocenters. The van der Waals surface area contributed by atoms with E-state index in [2.05, 4.69) is 10.6 Å². The number of aliphatic hydroxyl groups excluding tert-OH is 1. The van der Waals surface area contributed by atoms with Gasteiger partial charge in [-0.2, -0.15) is 0 Å². The Morgan fingerprint density at radius 2 is 1.85 bits per heavy atom. The molecule has 5 nitrogen and oxygen atoms in total. The van der Waals surface area contributed by atoms with E-state index < -0.39 is 0 Å². The van der Waals surface area contributed by atoms with Crippen LogP contribution in [-0.4, -0.2) is 36.1 Å². The maximum atomic E-state index is 11.8. The lowest BCUT2D eigenvalue weighted by molar-refractivity contribution is -0.123. The largest absolute Gasteiger partial charge is 0.396 e. The number of hydrogen-bond acceptors (Lipinski definition) is 3. The molecule has 5 heteroatoms. The van der Waals surface area contributed by atoms with Gasteiger partial charge in [0.25, 0.3) is 0 Å². The van der Waals surface area contributed by atoms with E-state index in [9.17, 15) is 14.7 Å². The van der Waals surface area contributed by atoms with E-state index >= 15 is 0 Å². The molecule has 2 atom stereocenters. The van der Waals surface area contributed by atoms with Crippen molar-refractivity contribution in [1.82, 2.24) is 10.6 Å². The Balaban J connectivity index is 2.17. The van der Waals surface area contributed by atoms with E-state index in [1.807, 2.05) is 6.92 Å². The van der Waals surface area contributed by atoms with Crippen LogP contribution >= 0.6 is 0 Å². The second-order valence-corrected chi connectivity index (χ2v) is 5.60. The average Bonchev–Trinajstić information content (AvgIpc) is 2.45. The summed E-state index contributed by atoms with van der Waals surface area (Å²) in [5.74, 6) is 0.213. The maximum Gasteiger partial charge on any atom is 0.220 e. The highest BCUT2D eigenvalue weighted by atomic mass is 16.3. The summed E-state index contributed by atoms with van der Waals surface area (Å²) in [7, 11) is 0. The van der Waals surface area contributed by atoms with E-state index in [4.69, 9.17) is 0 Å². The molecule has 0 radical (unpaired) electrons. The molecule has 20 heavy (non-hydrogen) atoms. The van der Waals surface area contributed by atoms with Crippen LogP contribution in [0.25, 0.3) is 0 Å². The van der Waals surface area contributed by atoms with Gasteiger partial charge in [0.05, 0.1) is 0 Å². The summed E-state index contributed by atoms with van der Waals surface area (Å²) in [5.41, 5.74) is 0. The number of rotatable bonds is 8. The van der Waals surface area contributed by atoms with Gasteiger partial charge in [-0.25, -0.2) is 0 Å². The molecular weight excluding hydrogens is 256 g/mol.